The number of hydrogen-bond acceptors (Lipinski definition) is 6. The van der Waals surface area contributed by atoms with Gasteiger partial charge in [0.05, 0.1) is 11.5 Å². The van der Waals surface area contributed by atoms with Gasteiger partial charge in [-0.15, -0.1) is 23.4 Å². The Morgan fingerprint density at radius 1 is 1.18 bits per heavy atom. The molecule has 1 unspecified atom stereocenters. The lowest BCUT2D eigenvalue weighted by atomic mass is 9.39. The molecular weight excluding hydrogens is 446 g/mol. The van der Waals surface area contributed by atoms with Gasteiger partial charge in [0, 0.05) is 11.5 Å². The first-order valence-electron chi connectivity index (χ1n) is 11.0. The Morgan fingerprint density at radius 3 is 2.67 bits per heavy atom. The number of aromatic nitrogens is 2. The zero-order chi connectivity index (χ0) is 23.0. The van der Waals surface area contributed by atoms with Crippen LogP contribution in [0.4, 0.5) is 17.6 Å². The van der Waals surface area contributed by atoms with Crippen molar-refractivity contribution in [3.63, 3.8) is 0 Å². The number of carbonyl (C=O) groups is 1. The number of carbonyl (C=O) groups excluding carboxylic acids is 1. The predicted molar refractivity (Wildman–Crippen MR) is 103 cm³/mol. The summed E-state index contributed by atoms with van der Waals surface area (Å²) >= 11 is 0. The first-order valence-corrected chi connectivity index (χ1v) is 11.0. The number of halogens is 4. The van der Waals surface area contributed by atoms with Crippen LogP contribution in [0.25, 0.3) is 0 Å². The van der Waals surface area contributed by atoms with E-state index in [0.717, 1.165) is 5.56 Å². The van der Waals surface area contributed by atoms with Gasteiger partial charge in [0.2, 0.25) is 11.8 Å². The molecule has 33 heavy (non-hydrogen) atoms. The van der Waals surface area contributed by atoms with Gasteiger partial charge in [0.15, 0.2) is 6.10 Å². The Kier molecular flexibility index (Phi) is 4.37. The number of benzene rings is 1. The van der Waals surface area contributed by atoms with E-state index in [-0.39, 0.29) is 41.4 Å². The molecule has 1 aromatic carbocycles. The average Bonchev–Trinajstić information content (AvgIpc) is 3.13. The van der Waals surface area contributed by atoms with Crippen LogP contribution in [0.1, 0.15) is 61.8 Å². The third-order valence-electron chi connectivity index (χ3n) is 7.32. The summed E-state index contributed by atoms with van der Waals surface area (Å²) < 4.78 is 65.8. The van der Waals surface area contributed by atoms with E-state index in [4.69, 9.17) is 9.15 Å². The van der Waals surface area contributed by atoms with Crippen LogP contribution >= 0.6 is 0 Å². The number of fused-ring (bicyclic) bond motifs is 1. The Balaban J connectivity index is 1.02. The summed E-state index contributed by atoms with van der Waals surface area (Å²) in [5.74, 6) is 0.637. The van der Waals surface area contributed by atoms with E-state index < -0.39 is 18.6 Å². The number of nitrogens with zero attached hydrogens (tertiary/aromatic N) is 2. The average molecular weight is 467 g/mol. The molecule has 1 amide bonds. The molecule has 0 radical (unpaired) electrons. The molecule has 1 N–H and O–H groups in total. The van der Waals surface area contributed by atoms with E-state index in [1.807, 2.05) is 0 Å². The van der Waals surface area contributed by atoms with Crippen molar-refractivity contribution in [3.05, 3.63) is 41.4 Å². The highest BCUT2D eigenvalue weighted by molar-refractivity contribution is 5.83. The summed E-state index contributed by atoms with van der Waals surface area (Å²) in [6.07, 6.45) is -2.65. The number of nitrogens with one attached hydrogen (secondary N) is 1. The Hall–Kier alpha value is -2.69. The number of amides is 1. The lowest BCUT2D eigenvalue weighted by Crippen LogP contribution is -2.77. The van der Waals surface area contributed by atoms with E-state index in [1.54, 1.807) is 6.07 Å². The van der Waals surface area contributed by atoms with Gasteiger partial charge in [0.1, 0.15) is 11.6 Å². The number of aryl methyl sites for hydroxylation is 1. The van der Waals surface area contributed by atoms with Crippen LogP contribution in [0.3, 0.4) is 0 Å². The van der Waals surface area contributed by atoms with Crippen LogP contribution in [0.15, 0.2) is 22.6 Å². The molecule has 4 aliphatic carbocycles. The maximum atomic E-state index is 13.4. The summed E-state index contributed by atoms with van der Waals surface area (Å²) in [7, 11) is 0. The van der Waals surface area contributed by atoms with Gasteiger partial charge in [-0.05, 0) is 68.7 Å². The highest BCUT2D eigenvalue weighted by atomic mass is 19.4. The standard InChI is InChI=1S/C22H21F4N3O4/c23-13-2-4-15-11(5-13)1-3-16(31-15)17(30)27-21-8-20(9-21,10-21)19-29-28-18(32-19)12-6-14(7-12)33-22(24,25)26/h2,4-5,12,14,16H,1,3,6-10H2,(H,27,30)/t12-,14+,16?,20?,21?. The Morgan fingerprint density at radius 2 is 1.94 bits per heavy atom. The topological polar surface area (TPSA) is 86.5 Å². The fourth-order valence-corrected chi connectivity index (χ4v) is 5.70. The first-order chi connectivity index (χ1) is 15.6. The Labute approximate surface area is 185 Å². The third kappa shape index (κ3) is 3.56. The molecule has 7 nitrogen and oxygen atoms in total. The highest BCUT2D eigenvalue weighted by Gasteiger charge is 2.72. The van der Waals surface area contributed by atoms with Crippen molar-refractivity contribution in [2.75, 3.05) is 0 Å². The fourth-order valence-electron chi connectivity index (χ4n) is 5.70. The van der Waals surface area contributed by atoms with Gasteiger partial charge >= 0.3 is 6.36 Å². The van der Waals surface area contributed by atoms with Crippen molar-refractivity contribution >= 4 is 5.91 Å². The summed E-state index contributed by atoms with van der Waals surface area (Å²) in [4.78, 5) is 12.8. The molecule has 4 saturated carbocycles. The van der Waals surface area contributed by atoms with Gasteiger partial charge < -0.3 is 14.5 Å². The van der Waals surface area contributed by atoms with Gasteiger partial charge in [0.25, 0.3) is 5.91 Å². The maximum Gasteiger partial charge on any atom is 0.522 e. The fraction of sp³-hybridized carbons (Fsp3) is 0.591. The summed E-state index contributed by atoms with van der Waals surface area (Å²) in [5.41, 5.74) is 0.167. The van der Waals surface area contributed by atoms with Crippen LogP contribution in [-0.2, 0) is 21.4 Å². The minimum absolute atomic E-state index is 0.185. The summed E-state index contributed by atoms with van der Waals surface area (Å²) in [6, 6.07) is 4.29. The van der Waals surface area contributed by atoms with Crippen molar-refractivity contribution < 1.29 is 36.2 Å². The van der Waals surface area contributed by atoms with E-state index >= 15 is 0 Å². The SMILES string of the molecule is O=C(NC12CC(c3nnc([C@H]4C[C@@H](OC(F)(F)F)C4)o3)(C1)C2)C1CCc2cc(F)ccc2O1. The third-order valence-corrected chi connectivity index (χ3v) is 7.32. The molecule has 2 aromatic rings. The second kappa shape index (κ2) is 6.91. The first kappa shape index (κ1) is 20.9. The Bertz CT molecular complexity index is 1090. The summed E-state index contributed by atoms with van der Waals surface area (Å²) in [6.45, 7) is 0. The molecule has 1 aromatic heterocycles. The van der Waals surface area contributed by atoms with Crippen LogP contribution in [0.5, 0.6) is 5.75 Å². The number of rotatable bonds is 5. The molecule has 2 bridgehead atoms. The predicted octanol–water partition coefficient (Wildman–Crippen LogP) is 3.68. The molecule has 4 fully saturated rings. The molecule has 0 spiro atoms. The van der Waals surface area contributed by atoms with Gasteiger partial charge in [-0.1, -0.05) is 0 Å². The molecule has 2 heterocycles. The second-order valence-electron chi connectivity index (χ2n) is 9.78. The molecule has 11 heteroatoms. The van der Waals surface area contributed by atoms with Crippen molar-refractivity contribution in [2.45, 2.75) is 80.4 Å². The molecule has 5 aliphatic rings. The monoisotopic (exact) mass is 467 g/mol. The van der Waals surface area contributed by atoms with Crippen LogP contribution in [0.2, 0.25) is 0 Å². The molecule has 1 aliphatic heterocycles. The molecular formula is C22H21F4N3O4. The molecule has 1 atom stereocenters. The lowest BCUT2D eigenvalue weighted by molar-refractivity contribution is -0.352. The second-order valence-corrected chi connectivity index (χ2v) is 9.78. The van der Waals surface area contributed by atoms with Crippen molar-refractivity contribution in [2.24, 2.45) is 0 Å². The van der Waals surface area contributed by atoms with Crippen LogP contribution < -0.4 is 10.1 Å². The molecule has 0 saturated heterocycles. The van der Waals surface area contributed by atoms with E-state index in [0.29, 0.717) is 49.6 Å². The van der Waals surface area contributed by atoms with Crippen molar-refractivity contribution in [1.82, 2.24) is 15.5 Å². The number of alkyl halides is 3. The zero-order valence-electron chi connectivity index (χ0n) is 17.5. The number of ether oxygens (including phenoxy) is 2. The highest BCUT2D eigenvalue weighted by Crippen LogP contribution is 2.67. The van der Waals surface area contributed by atoms with E-state index in [2.05, 4.69) is 20.3 Å². The van der Waals surface area contributed by atoms with Crippen molar-refractivity contribution in [3.8, 4) is 5.75 Å². The van der Waals surface area contributed by atoms with Crippen molar-refractivity contribution in [1.29, 1.82) is 0 Å². The quantitative estimate of drug-likeness (QED) is 0.676. The van der Waals surface area contributed by atoms with E-state index in [1.165, 1.54) is 12.1 Å². The largest absolute Gasteiger partial charge is 0.522 e. The van der Waals surface area contributed by atoms with E-state index in [9.17, 15) is 22.4 Å². The van der Waals surface area contributed by atoms with Crippen LogP contribution in [-0.4, -0.2) is 40.2 Å². The molecule has 7 rings (SSSR count). The lowest BCUT2D eigenvalue weighted by Gasteiger charge is -2.68. The maximum absolute atomic E-state index is 13.4. The zero-order valence-corrected chi connectivity index (χ0v) is 17.5. The summed E-state index contributed by atoms with van der Waals surface area (Å²) in [5, 5.41) is 11.3. The van der Waals surface area contributed by atoms with Crippen LogP contribution in [0, 0.1) is 5.82 Å². The van der Waals surface area contributed by atoms with Gasteiger partial charge in [-0.25, -0.2) is 4.39 Å². The normalized spacial score (nSPS) is 34.2. The van der Waals surface area contributed by atoms with Gasteiger partial charge in [-0.3, -0.25) is 9.53 Å². The minimum Gasteiger partial charge on any atom is -0.480 e. The number of hydrogen-bond donors (Lipinski definition) is 1. The molecule has 176 valence electrons. The van der Waals surface area contributed by atoms with Gasteiger partial charge in [-0.2, -0.15) is 0 Å². The smallest absolute Gasteiger partial charge is 0.480 e. The minimum atomic E-state index is -4.63.